The Hall–Kier alpha value is -3.24. The van der Waals surface area contributed by atoms with Gasteiger partial charge in [-0.25, -0.2) is 14.4 Å². The topological polar surface area (TPSA) is 93.3 Å². The Bertz CT molecular complexity index is 1260. The van der Waals surface area contributed by atoms with Crippen LogP contribution in [0.3, 0.4) is 0 Å². The van der Waals surface area contributed by atoms with Crippen LogP contribution < -0.4 is 10.2 Å². The Morgan fingerprint density at radius 1 is 1.16 bits per heavy atom. The maximum absolute atomic E-state index is 14.5. The van der Waals surface area contributed by atoms with E-state index >= 15 is 0 Å². The third-order valence-corrected chi connectivity index (χ3v) is 7.30. The summed E-state index contributed by atoms with van der Waals surface area (Å²) in [7, 11) is 2.13. The number of halogens is 2. The van der Waals surface area contributed by atoms with Crippen molar-refractivity contribution in [2.24, 2.45) is 5.92 Å². The zero-order valence-corrected chi connectivity index (χ0v) is 21.9. The molecule has 2 N–H and O–H groups in total. The van der Waals surface area contributed by atoms with Crippen molar-refractivity contribution in [3.63, 3.8) is 0 Å². The van der Waals surface area contributed by atoms with Gasteiger partial charge in [-0.3, -0.25) is 9.89 Å². The number of H-pyrrole nitrogens is 1. The van der Waals surface area contributed by atoms with Gasteiger partial charge in [-0.05, 0) is 44.9 Å². The molecule has 2 saturated heterocycles. The summed E-state index contributed by atoms with van der Waals surface area (Å²) in [5.41, 5.74) is 0.974. The number of nitrogens with one attached hydrogen (secondary N) is 2. The van der Waals surface area contributed by atoms with Crippen molar-refractivity contribution in [3.8, 4) is 0 Å². The maximum atomic E-state index is 14.5. The number of likely N-dealkylation sites (tertiary alicyclic amines) is 1. The summed E-state index contributed by atoms with van der Waals surface area (Å²) in [4.78, 5) is 29.1. The molecule has 11 heteroatoms. The monoisotopic (exact) mass is 526 g/mol. The lowest BCUT2D eigenvalue weighted by Gasteiger charge is -2.34. The second-order valence-corrected chi connectivity index (χ2v) is 10.4. The number of aromatic amines is 1. The second kappa shape index (κ2) is 11.0. The van der Waals surface area contributed by atoms with Gasteiger partial charge in [0.1, 0.15) is 17.5 Å². The molecule has 4 heterocycles. The van der Waals surface area contributed by atoms with Crippen LogP contribution in [0.25, 0.3) is 0 Å². The minimum atomic E-state index is -0.663. The van der Waals surface area contributed by atoms with Gasteiger partial charge in [-0.15, -0.1) is 0 Å². The molecular formula is C26H32ClFN8O. The van der Waals surface area contributed by atoms with Crippen LogP contribution in [0.1, 0.15) is 34.7 Å². The predicted octanol–water partition coefficient (Wildman–Crippen LogP) is 3.89. The molecule has 9 nitrogen and oxygen atoms in total. The number of piperazine rings is 1. The number of aromatic nitrogens is 4. The number of likely N-dealkylation sites (N-methyl/N-ethyl adjacent to an activating group) is 1. The molecule has 3 aromatic rings. The van der Waals surface area contributed by atoms with Gasteiger partial charge >= 0.3 is 0 Å². The molecule has 0 radical (unpaired) electrons. The Kier molecular flexibility index (Phi) is 7.57. The van der Waals surface area contributed by atoms with Crippen LogP contribution in [-0.4, -0.2) is 82.2 Å². The molecule has 2 fully saturated rings. The fourth-order valence-corrected chi connectivity index (χ4v) is 5.14. The zero-order valence-electron chi connectivity index (χ0n) is 21.2. The summed E-state index contributed by atoms with van der Waals surface area (Å²) in [6.07, 6.45) is 2.41. The lowest BCUT2D eigenvalue weighted by molar-refractivity contribution is 0.0667. The second-order valence-electron chi connectivity index (χ2n) is 9.94. The van der Waals surface area contributed by atoms with Crippen molar-refractivity contribution >= 4 is 35.0 Å². The highest BCUT2D eigenvalue weighted by Crippen LogP contribution is 2.26. The normalized spacial score (nSPS) is 18.8. The number of nitrogens with zero attached hydrogens (tertiary/aromatic N) is 6. The third-order valence-electron chi connectivity index (χ3n) is 7.01. The Morgan fingerprint density at radius 3 is 2.73 bits per heavy atom. The number of hydrogen-bond donors (Lipinski definition) is 2. The zero-order chi connectivity index (χ0) is 25.9. The fraction of sp³-hybridized carbons (Fsp3) is 0.462. The molecule has 37 heavy (non-hydrogen) atoms. The quantitative estimate of drug-likeness (QED) is 0.503. The molecule has 1 amide bonds. The van der Waals surface area contributed by atoms with E-state index in [0.717, 1.165) is 56.4 Å². The molecule has 0 aliphatic carbocycles. The number of amides is 1. The van der Waals surface area contributed by atoms with Crippen LogP contribution in [0.15, 0.2) is 30.3 Å². The average Bonchev–Trinajstić information content (AvgIpc) is 3.30. The van der Waals surface area contributed by atoms with Gasteiger partial charge in [0.15, 0.2) is 11.6 Å². The van der Waals surface area contributed by atoms with E-state index in [-0.39, 0.29) is 22.4 Å². The molecule has 0 bridgehead atoms. The smallest absolute Gasteiger partial charge is 0.256 e. The highest BCUT2D eigenvalue weighted by Gasteiger charge is 2.28. The first-order valence-corrected chi connectivity index (χ1v) is 13.1. The van der Waals surface area contributed by atoms with E-state index in [2.05, 4.69) is 32.4 Å². The molecule has 0 saturated carbocycles. The molecule has 5 rings (SSSR count). The molecule has 196 valence electrons. The fourth-order valence-electron chi connectivity index (χ4n) is 4.96. The number of aryl methyl sites for hydroxylation is 1. The van der Waals surface area contributed by atoms with Crippen molar-refractivity contribution in [1.29, 1.82) is 0 Å². The maximum Gasteiger partial charge on any atom is 0.256 e. The van der Waals surface area contributed by atoms with E-state index in [0.29, 0.717) is 31.1 Å². The Morgan fingerprint density at radius 2 is 1.97 bits per heavy atom. The average molecular weight is 527 g/mol. The Balaban J connectivity index is 1.34. The van der Waals surface area contributed by atoms with E-state index in [4.69, 9.17) is 21.6 Å². The first-order valence-electron chi connectivity index (χ1n) is 12.7. The van der Waals surface area contributed by atoms with Crippen LogP contribution in [0.5, 0.6) is 0 Å². The molecule has 1 atom stereocenters. The van der Waals surface area contributed by atoms with Crippen molar-refractivity contribution in [3.05, 3.63) is 58.3 Å². The molecule has 2 aliphatic heterocycles. The highest BCUT2D eigenvalue weighted by molar-refractivity contribution is 6.31. The molecule has 2 aromatic heterocycles. The molecular weight excluding hydrogens is 495 g/mol. The predicted molar refractivity (Wildman–Crippen MR) is 142 cm³/mol. The van der Waals surface area contributed by atoms with Gasteiger partial charge in [0, 0.05) is 63.5 Å². The van der Waals surface area contributed by atoms with Crippen LogP contribution in [-0.2, 0) is 6.42 Å². The SMILES string of the molecule is Cc1cc(Nc2cc(N3CCN(C)CC3)nc(C[C@@H]3CCCN(C(=O)c4cccc(Cl)c4F)C3)n2)n[nH]1. The molecule has 0 spiro atoms. The Labute approximate surface area is 221 Å². The van der Waals surface area contributed by atoms with Crippen molar-refractivity contribution < 1.29 is 9.18 Å². The number of hydrogen-bond acceptors (Lipinski definition) is 7. The highest BCUT2D eigenvalue weighted by atomic mass is 35.5. The van der Waals surface area contributed by atoms with E-state index in [1.54, 1.807) is 11.0 Å². The van der Waals surface area contributed by atoms with Gasteiger partial charge < -0.3 is 20.0 Å². The number of benzene rings is 1. The van der Waals surface area contributed by atoms with Crippen LogP contribution in [0.2, 0.25) is 5.02 Å². The minimum absolute atomic E-state index is 0.0160. The van der Waals surface area contributed by atoms with E-state index < -0.39 is 5.82 Å². The summed E-state index contributed by atoms with van der Waals surface area (Å²) in [5.74, 6) is 2.18. The van der Waals surface area contributed by atoms with Gasteiger partial charge in [0.2, 0.25) is 0 Å². The summed E-state index contributed by atoms with van der Waals surface area (Å²) in [6, 6.07) is 8.44. The summed E-state index contributed by atoms with van der Waals surface area (Å²) < 4.78 is 14.5. The van der Waals surface area contributed by atoms with Crippen LogP contribution >= 0.6 is 11.6 Å². The van der Waals surface area contributed by atoms with Crippen LogP contribution in [0.4, 0.5) is 21.8 Å². The van der Waals surface area contributed by atoms with Crippen molar-refractivity contribution in [2.45, 2.75) is 26.2 Å². The number of piperidine rings is 1. The largest absolute Gasteiger partial charge is 0.354 e. The lowest BCUT2D eigenvalue weighted by atomic mass is 9.94. The molecule has 1 aromatic carbocycles. The third kappa shape index (κ3) is 6.02. The summed E-state index contributed by atoms with van der Waals surface area (Å²) in [5, 5.41) is 10.5. The molecule has 0 unspecified atom stereocenters. The lowest BCUT2D eigenvalue weighted by Crippen LogP contribution is -2.45. The molecule has 2 aliphatic rings. The van der Waals surface area contributed by atoms with Crippen LogP contribution in [0, 0.1) is 18.7 Å². The number of carbonyl (C=O) groups is 1. The van der Waals surface area contributed by atoms with Gasteiger partial charge in [0.05, 0.1) is 10.6 Å². The van der Waals surface area contributed by atoms with Crippen molar-refractivity contribution in [2.75, 3.05) is 56.5 Å². The number of anilines is 3. The van der Waals surface area contributed by atoms with Gasteiger partial charge in [-0.2, -0.15) is 5.10 Å². The minimum Gasteiger partial charge on any atom is -0.354 e. The van der Waals surface area contributed by atoms with Crippen molar-refractivity contribution in [1.82, 2.24) is 30.0 Å². The first-order chi connectivity index (χ1) is 17.9. The number of rotatable bonds is 6. The van der Waals surface area contributed by atoms with E-state index in [1.165, 1.54) is 12.1 Å². The van der Waals surface area contributed by atoms with E-state index in [9.17, 15) is 9.18 Å². The van der Waals surface area contributed by atoms with Gasteiger partial charge in [-0.1, -0.05) is 17.7 Å². The first kappa shape index (κ1) is 25.4. The van der Waals surface area contributed by atoms with E-state index in [1.807, 2.05) is 19.1 Å². The summed E-state index contributed by atoms with van der Waals surface area (Å²) in [6.45, 7) is 6.80. The standard InChI is InChI=1S/C26H32ClFN8O/c1-17-13-23(33-32-17)30-22-15-24(35-11-9-34(2)10-12-35)31-21(29-22)14-18-5-4-8-36(16-18)26(37)19-6-3-7-20(27)25(19)28/h3,6-7,13,15,18H,4-5,8-12,14,16H2,1-2H3,(H2,29,30,31,32,33)/t18-/m0/s1. The van der Waals surface area contributed by atoms with Gasteiger partial charge in [0.25, 0.3) is 5.91 Å². The number of carbonyl (C=O) groups excluding carboxylic acids is 1. The summed E-state index contributed by atoms with van der Waals surface area (Å²) >= 11 is 5.91.